The van der Waals surface area contributed by atoms with Gasteiger partial charge in [-0.15, -0.1) is 0 Å². The number of hydrogen-bond donors (Lipinski definition) is 1. The molecule has 0 radical (unpaired) electrons. The van der Waals surface area contributed by atoms with Crippen LogP contribution in [-0.2, 0) is 20.9 Å². The molecule has 0 saturated carbocycles. The molecule has 0 saturated heterocycles. The van der Waals surface area contributed by atoms with Gasteiger partial charge in [-0.3, -0.25) is 19.0 Å². The van der Waals surface area contributed by atoms with E-state index in [0.717, 1.165) is 10.0 Å². The summed E-state index contributed by atoms with van der Waals surface area (Å²) >= 11 is 3.34. The van der Waals surface area contributed by atoms with Crippen LogP contribution >= 0.6 is 15.9 Å². The summed E-state index contributed by atoms with van der Waals surface area (Å²) in [6, 6.07) is 13.8. The average Bonchev–Trinajstić information content (AvgIpc) is 2.71. The van der Waals surface area contributed by atoms with E-state index in [1.54, 1.807) is 25.1 Å². The molecule has 3 rings (SSSR count). The highest BCUT2D eigenvalue weighted by Gasteiger charge is 2.20. The number of nitrogens with zero attached hydrogens (tertiary/aromatic N) is 2. The van der Waals surface area contributed by atoms with Crippen LogP contribution < -0.4 is 10.9 Å². The molecule has 1 atom stereocenters. The molecule has 0 aliphatic carbocycles. The van der Waals surface area contributed by atoms with Gasteiger partial charge in [0, 0.05) is 4.47 Å². The molecule has 2 aromatic carbocycles. The molecular weight excluding hydrogens is 438 g/mol. The van der Waals surface area contributed by atoms with Gasteiger partial charge in [-0.25, -0.2) is 4.98 Å². The summed E-state index contributed by atoms with van der Waals surface area (Å²) < 4.78 is 7.01. The van der Waals surface area contributed by atoms with E-state index in [-0.39, 0.29) is 25.1 Å². The Morgan fingerprint density at radius 1 is 1.21 bits per heavy atom. The van der Waals surface area contributed by atoms with Gasteiger partial charge in [-0.2, -0.15) is 0 Å². The quantitative estimate of drug-likeness (QED) is 0.550. The third kappa shape index (κ3) is 5.29. The fraction of sp³-hybridized carbons (Fsp3) is 0.238. The summed E-state index contributed by atoms with van der Waals surface area (Å²) in [4.78, 5) is 41.5. The second-order valence-corrected chi connectivity index (χ2v) is 7.29. The lowest BCUT2D eigenvalue weighted by atomic mass is 10.0. The van der Waals surface area contributed by atoms with Gasteiger partial charge in [0.05, 0.1) is 36.3 Å². The van der Waals surface area contributed by atoms with E-state index in [1.807, 2.05) is 30.3 Å². The highest BCUT2D eigenvalue weighted by Crippen LogP contribution is 2.18. The molecule has 1 aromatic heterocycles. The Morgan fingerprint density at radius 2 is 1.97 bits per heavy atom. The highest BCUT2D eigenvalue weighted by atomic mass is 79.9. The molecule has 8 heteroatoms. The molecule has 7 nitrogen and oxygen atoms in total. The predicted octanol–water partition coefficient (Wildman–Crippen LogP) is 2.97. The van der Waals surface area contributed by atoms with E-state index in [1.165, 1.54) is 10.9 Å². The van der Waals surface area contributed by atoms with Crippen LogP contribution in [0.1, 0.15) is 24.9 Å². The van der Waals surface area contributed by atoms with Crippen LogP contribution in [-0.4, -0.2) is 28.0 Å². The van der Waals surface area contributed by atoms with E-state index >= 15 is 0 Å². The number of fused-ring (bicyclic) bond motifs is 1. The van der Waals surface area contributed by atoms with Crippen LogP contribution in [0.3, 0.4) is 0 Å². The number of nitrogens with one attached hydrogen (secondary N) is 1. The van der Waals surface area contributed by atoms with Crippen molar-refractivity contribution < 1.29 is 14.3 Å². The minimum Gasteiger partial charge on any atom is -0.466 e. The summed E-state index contributed by atoms with van der Waals surface area (Å²) in [6.07, 6.45) is 1.35. The molecule has 1 N–H and O–H groups in total. The average molecular weight is 458 g/mol. The standard InChI is InChI=1S/C21H20BrN3O4/c1-2-29-20(27)11-18(14-6-4-3-5-7-14)24-19(26)12-25-13-23-17-9-8-15(22)10-16(17)21(25)28/h3-10,13,18H,2,11-12H2,1H3,(H,24,26). The van der Waals surface area contributed by atoms with Crippen LogP contribution in [0, 0.1) is 0 Å². The first-order valence-electron chi connectivity index (χ1n) is 9.12. The summed E-state index contributed by atoms with van der Waals surface area (Å²) in [5, 5.41) is 3.24. The summed E-state index contributed by atoms with van der Waals surface area (Å²) in [5.41, 5.74) is 1.02. The van der Waals surface area contributed by atoms with Crippen molar-refractivity contribution in [2.24, 2.45) is 0 Å². The third-order valence-corrected chi connectivity index (χ3v) is 4.81. The lowest BCUT2D eigenvalue weighted by Crippen LogP contribution is -2.36. The monoisotopic (exact) mass is 457 g/mol. The highest BCUT2D eigenvalue weighted by molar-refractivity contribution is 9.10. The first-order chi connectivity index (χ1) is 14.0. The largest absolute Gasteiger partial charge is 0.466 e. The first kappa shape index (κ1) is 20.7. The van der Waals surface area contributed by atoms with Crippen molar-refractivity contribution in [3.63, 3.8) is 0 Å². The summed E-state index contributed by atoms with van der Waals surface area (Å²) in [7, 11) is 0. The van der Waals surface area contributed by atoms with Crippen molar-refractivity contribution >= 4 is 38.7 Å². The number of benzene rings is 2. The number of esters is 1. The van der Waals surface area contributed by atoms with E-state index in [4.69, 9.17) is 4.74 Å². The van der Waals surface area contributed by atoms with Crippen molar-refractivity contribution in [3.05, 3.63) is 75.2 Å². The number of ether oxygens (including phenoxy) is 1. The molecule has 0 aliphatic heterocycles. The van der Waals surface area contributed by atoms with Crippen LogP contribution in [0.15, 0.2) is 64.1 Å². The van der Waals surface area contributed by atoms with Crippen molar-refractivity contribution in [2.45, 2.75) is 25.9 Å². The normalized spacial score (nSPS) is 11.8. The van der Waals surface area contributed by atoms with E-state index in [2.05, 4.69) is 26.2 Å². The van der Waals surface area contributed by atoms with Crippen molar-refractivity contribution in [1.82, 2.24) is 14.9 Å². The molecule has 3 aromatic rings. The molecule has 0 fully saturated rings. The Kier molecular flexibility index (Phi) is 6.77. The maximum absolute atomic E-state index is 12.7. The zero-order valence-electron chi connectivity index (χ0n) is 15.8. The van der Waals surface area contributed by atoms with Gasteiger partial charge in [0.1, 0.15) is 6.54 Å². The number of halogens is 1. The van der Waals surface area contributed by atoms with E-state index in [0.29, 0.717) is 10.9 Å². The SMILES string of the molecule is CCOC(=O)CC(NC(=O)Cn1cnc2ccc(Br)cc2c1=O)c1ccccc1. The Bertz CT molecular complexity index is 1080. The molecule has 150 valence electrons. The first-order valence-corrected chi connectivity index (χ1v) is 9.92. The van der Waals surface area contributed by atoms with Gasteiger partial charge < -0.3 is 10.1 Å². The zero-order valence-corrected chi connectivity index (χ0v) is 17.4. The Balaban J connectivity index is 1.79. The Hall–Kier alpha value is -3.00. The van der Waals surface area contributed by atoms with Crippen LogP contribution in [0.4, 0.5) is 0 Å². The smallest absolute Gasteiger partial charge is 0.308 e. The zero-order chi connectivity index (χ0) is 20.8. The van der Waals surface area contributed by atoms with Crippen molar-refractivity contribution in [2.75, 3.05) is 6.61 Å². The second-order valence-electron chi connectivity index (χ2n) is 6.38. The maximum Gasteiger partial charge on any atom is 0.308 e. The summed E-state index contributed by atoms with van der Waals surface area (Å²) in [5.74, 6) is -0.808. The van der Waals surface area contributed by atoms with E-state index < -0.39 is 17.9 Å². The number of hydrogen-bond acceptors (Lipinski definition) is 5. The van der Waals surface area contributed by atoms with Crippen molar-refractivity contribution in [1.29, 1.82) is 0 Å². The van der Waals surface area contributed by atoms with Gasteiger partial charge in [-0.1, -0.05) is 46.3 Å². The third-order valence-electron chi connectivity index (χ3n) is 4.31. The second kappa shape index (κ2) is 9.47. The van der Waals surface area contributed by atoms with Gasteiger partial charge >= 0.3 is 5.97 Å². The molecule has 1 amide bonds. The molecular formula is C21H20BrN3O4. The summed E-state index contributed by atoms with van der Waals surface area (Å²) in [6.45, 7) is 1.79. The van der Waals surface area contributed by atoms with Crippen LogP contribution in [0.5, 0.6) is 0 Å². The van der Waals surface area contributed by atoms with Gasteiger partial charge in [0.25, 0.3) is 5.56 Å². The van der Waals surface area contributed by atoms with Gasteiger partial charge in [-0.05, 0) is 30.7 Å². The van der Waals surface area contributed by atoms with Crippen molar-refractivity contribution in [3.8, 4) is 0 Å². The fourth-order valence-electron chi connectivity index (χ4n) is 2.96. The molecule has 0 spiro atoms. The molecule has 0 bridgehead atoms. The Morgan fingerprint density at radius 3 is 2.69 bits per heavy atom. The van der Waals surface area contributed by atoms with Gasteiger partial charge in [0.2, 0.25) is 5.91 Å². The maximum atomic E-state index is 12.7. The Labute approximate surface area is 175 Å². The topological polar surface area (TPSA) is 90.3 Å². The molecule has 0 aliphatic rings. The van der Waals surface area contributed by atoms with E-state index in [9.17, 15) is 14.4 Å². The molecule has 1 unspecified atom stereocenters. The lowest BCUT2D eigenvalue weighted by molar-refractivity contribution is -0.143. The minimum atomic E-state index is -0.555. The number of carbonyl (C=O) groups excluding carboxylic acids is 2. The minimum absolute atomic E-state index is 0.00140. The number of carbonyl (C=O) groups is 2. The predicted molar refractivity (Wildman–Crippen MR) is 112 cm³/mol. The fourth-order valence-corrected chi connectivity index (χ4v) is 3.32. The number of aromatic nitrogens is 2. The number of amides is 1. The van der Waals surface area contributed by atoms with Gasteiger partial charge in [0.15, 0.2) is 0 Å². The van der Waals surface area contributed by atoms with Crippen LogP contribution in [0.2, 0.25) is 0 Å². The number of rotatable bonds is 7. The lowest BCUT2D eigenvalue weighted by Gasteiger charge is -2.19. The molecule has 29 heavy (non-hydrogen) atoms. The van der Waals surface area contributed by atoms with Crippen LogP contribution in [0.25, 0.3) is 10.9 Å². The molecule has 1 heterocycles.